The molecule has 0 bridgehead atoms. The van der Waals surface area contributed by atoms with Gasteiger partial charge in [-0.3, -0.25) is 9.69 Å². The number of likely N-dealkylation sites (tertiary alicyclic amines) is 2. The van der Waals surface area contributed by atoms with Gasteiger partial charge in [0.2, 0.25) is 5.91 Å². The highest BCUT2D eigenvalue weighted by atomic mass is 16.5. The number of morpholine rings is 1. The van der Waals surface area contributed by atoms with Gasteiger partial charge in [0.05, 0.1) is 19.8 Å². The van der Waals surface area contributed by atoms with E-state index in [1.54, 1.807) is 0 Å². The van der Waals surface area contributed by atoms with Crippen molar-refractivity contribution in [2.75, 3.05) is 65.6 Å². The average Bonchev–Trinajstić information content (AvgIpc) is 2.85. The molecule has 0 radical (unpaired) electrons. The lowest BCUT2D eigenvalue weighted by Crippen LogP contribution is -2.48. The van der Waals surface area contributed by atoms with Crippen molar-refractivity contribution >= 4 is 5.91 Å². The topological polar surface area (TPSA) is 36.0 Å². The lowest BCUT2D eigenvalue weighted by molar-refractivity contribution is -0.136. The predicted molar refractivity (Wildman–Crippen MR) is 91.5 cm³/mol. The quantitative estimate of drug-likeness (QED) is 0.784. The maximum Gasteiger partial charge on any atom is 0.236 e. The highest BCUT2D eigenvalue weighted by Gasteiger charge is 2.25. The van der Waals surface area contributed by atoms with Crippen LogP contribution in [0.25, 0.3) is 0 Å². The molecule has 5 nitrogen and oxygen atoms in total. The lowest BCUT2D eigenvalue weighted by Gasteiger charge is -2.36. The van der Waals surface area contributed by atoms with Crippen LogP contribution >= 0.6 is 0 Å². The third kappa shape index (κ3) is 5.44. The van der Waals surface area contributed by atoms with E-state index in [0.29, 0.717) is 25.7 Å². The van der Waals surface area contributed by atoms with Gasteiger partial charge in [0.25, 0.3) is 0 Å². The smallest absolute Gasteiger partial charge is 0.236 e. The zero-order valence-corrected chi connectivity index (χ0v) is 14.5. The van der Waals surface area contributed by atoms with Gasteiger partial charge in [-0.1, -0.05) is 12.8 Å². The van der Waals surface area contributed by atoms with Gasteiger partial charge >= 0.3 is 0 Å². The van der Waals surface area contributed by atoms with E-state index in [4.69, 9.17) is 4.74 Å². The van der Waals surface area contributed by atoms with Gasteiger partial charge in [0.15, 0.2) is 0 Å². The second kappa shape index (κ2) is 9.00. The first-order valence-electron chi connectivity index (χ1n) is 9.61. The van der Waals surface area contributed by atoms with E-state index in [-0.39, 0.29) is 0 Å². The number of rotatable bonds is 4. The fourth-order valence-electron chi connectivity index (χ4n) is 4.23. The largest absolute Gasteiger partial charge is 0.378 e. The number of amides is 1. The van der Waals surface area contributed by atoms with E-state index < -0.39 is 0 Å². The van der Waals surface area contributed by atoms with E-state index >= 15 is 0 Å². The van der Waals surface area contributed by atoms with Gasteiger partial charge in [-0.2, -0.15) is 0 Å². The summed E-state index contributed by atoms with van der Waals surface area (Å²) in [4.78, 5) is 19.5. The SMILES string of the molecule is O=C(CN1CCCC(CN2CCCCCC2)C1)N1CCOCC1. The molecular formula is C18H33N3O2. The molecule has 3 fully saturated rings. The minimum atomic E-state index is 0.295. The maximum atomic E-state index is 12.4. The first-order chi connectivity index (χ1) is 11.3. The van der Waals surface area contributed by atoms with Crippen LogP contribution in [0.15, 0.2) is 0 Å². The molecule has 3 heterocycles. The minimum Gasteiger partial charge on any atom is -0.378 e. The van der Waals surface area contributed by atoms with Crippen LogP contribution in [0.1, 0.15) is 38.5 Å². The van der Waals surface area contributed by atoms with Crippen LogP contribution in [0.3, 0.4) is 0 Å². The second-order valence-electron chi connectivity index (χ2n) is 7.45. The van der Waals surface area contributed by atoms with Crippen molar-refractivity contribution in [1.29, 1.82) is 0 Å². The van der Waals surface area contributed by atoms with E-state index in [1.165, 1.54) is 58.2 Å². The molecule has 1 unspecified atom stereocenters. The average molecular weight is 323 g/mol. The Morgan fingerprint density at radius 1 is 0.870 bits per heavy atom. The Morgan fingerprint density at radius 2 is 1.57 bits per heavy atom. The lowest BCUT2D eigenvalue weighted by atomic mass is 9.97. The normalized spacial score (nSPS) is 28.5. The molecule has 1 atom stereocenters. The zero-order chi connectivity index (χ0) is 15.9. The molecule has 0 aromatic rings. The van der Waals surface area contributed by atoms with Crippen molar-refractivity contribution in [2.24, 2.45) is 5.92 Å². The molecule has 3 aliphatic rings. The van der Waals surface area contributed by atoms with Crippen LogP contribution in [0.4, 0.5) is 0 Å². The molecule has 0 N–H and O–H groups in total. The van der Waals surface area contributed by atoms with Gasteiger partial charge in [0, 0.05) is 26.2 Å². The third-order valence-corrected chi connectivity index (χ3v) is 5.54. The molecule has 1 amide bonds. The van der Waals surface area contributed by atoms with Crippen molar-refractivity contribution in [3.63, 3.8) is 0 Å². The molecule has 3 saturated heterocycles. The number of hydrogen-bond donors (Lipinski definition) is 0. The molecule has 0 aromatic heterocycles. The van der Waals surface area contributed by atoms with Crippen LogP contribution in [-0.4, -0.2) is 86.2 Å². The maximum absolute atomic E-state index is 12.4. The minimum absolute atomic E-state index is 0.295. The zero-order valence-electron chi connectivity index (χ0n) is 14.5. The molecule has 132 valence electrons. The Labute approximate surface area is 140 Å². The summed E-state index contributed by atoms with van der Waals surface area (Å²) in [6, 6.07) is 0. The Balaban J connectivity index is 1.42. The van der Waals surface area contributed by atoms with E-state index in [1.807, 2.05) is 4.90 Å². The van der Waals surface area contributed by atoms with Gasteiger partial charge < -0.3 is 14.5 Å². The number of ether oxygens (including phenoxy) is 1. The summed E-state index contributed by atoms with van der Waals surface area (Å²) in [5.74, 6) is 1.04. The van der Waals surface area contributed by atoms with Crippen molar-refractivity contribution in [3.8, 4) is 0 Å². The Hall–Kier alpha value is -0.650. The Kier molecular flexibility index (Phi) is 6.72. The standard InChI is InChI=1S/C18H33N3O2/c22-18(21-10-12-23-13-11-21)16-20-9-5-6-17(15-20)14-19-7-3-1-2-4-8-19/h17H,1-16H2. The Bertz CT molecular complexity index is 363. The van der Waals surface area contributed by atoms with Crippen LogP contribution in [0.5, 0.6) is 0 Å². The first kappa shape index (κ1) is 17.2. The number of hydrogen-bond acceptors (Lipinski definition) is 4. The van der Waals surface area contributed by atoms with E-state index in [2.05, 4.69) is 9.80 Å². The molecule has 0 aliphatic carbocycles. The van der Waals surface area contributed by atoms with Gasteiger partial charge in [-0.15, -0.1) is 0 Å². The van der Waals surface area contributed by atoms with Gasteiger partial charge in [0.1, 0.15) is 0 Å². The summed E-state index contributed by atoms with van der Waals surface area (Å²) < 4.78 is 5.34. The van der Waals surface area contributed by atoms with Gasteiger partial charge in [-0.25, -0.2) is 0 Å². The van der Waals surface area contributed by atoms with Crippen LogP contribution in [0, 0.1) is 5.92 Å². The number of piperidine rings is 1. The summed E-state index contributed by atoms with van der Waals surface area (Å²) in [6.07, 6.45) is 8.12. The molecular weight excluding hydrogens is 290 g/mol. The molecule has 0 aromatic carbocycles. The molecule has 5 heteroatoms. The summed E-state index contributed by atoms with van der Waals surface area (Å²) in [6.45, 7) is 9.53. The van der Waals surface area contributed by atoms with Crippen molar-refractivity contribution < 1.29 is 9.53 Å². The first-order valence-corrected chi connectivity index (χ1v) is 9.61. The van der Waals surface area contributed by atoms with Gasteiger partial charge in [-0.05, 0) is 51.2 Å². The Morgan fingerprint density at radius 3 is 2.30 bits per heavy atom. The van der Waals surface area contributed by atoms with Crippen molar-refractivity contribution in [1.82, 2.24) is 14.7 Å². The van der Waals surface area contributed by atoms with E-state index in [9.17, 15) is 4.79 Å². The van der Waals surface area contributed by atoms with Crippen LogP contribution in [-0.2, 0) is 9.53 Å². The predicted octanol–water partition coefficient (Wildman–Crippen LogP) is 1.43. The number of carbonyl (C=O) groups is 1. The number of nitrogens with zero attached hydrogens (tertiary/aromatic N) is 3. The highest BCUT2D eigenvalue weighted by molar-refractivity contribution is 5.78. The summed E-state index contributed by atoms with van der Waals surface area (Å²) in [5, 5.41) is 0. The molecule has 3 aliphatic heterocycles. The third-order valence-electron chi connectivity index (χ3n) is 5.54. The van der Waals surface area contributed by atoms with Crippen LogP contribution in [0.2, 0.25) is 0 Å². The monoisotopic (exact) mass is 323 g/mol. The number of carbonyl (C=O) groups excluding carboxylic acids is 1. The summed E-state index contributed by atoms with van der Waals surface area (Å²) in [5.41, 5.74) is 0. The molecule has 0 saturated carbocycles. The fraction of sp³-hybridized carbons (Fsp3) is 0.944. The summed E-state index contributed by atoms with van der Waals surface area (Å²) >= 11 is 0. The fourth-order valence-corrected chi connectivity index (χ4v) is 4.23. The summed E-state index contributed by atoms with van der Waals surface area (Å²) in [7, 11) is 0. The van der Waals surface area contributed by atoms with Crippen molar-refractivity contribution in [3.05, 3.63) is 0 Å². The highest BCUT2D eigenvalue weighted by Crippen LogP contribution is 2.20. The van der Waals surface area contributed by atoms with E-state index in [0.717, 1.165) is 32.1 Å². The molecule has 23 heavy (non-hydrogen) atoms. The second-order valence-corrected chi connectivity index (χ2v) is 7.45. The molecule has 3 rings (SSSR count). The van der Waals surface area contributed by atoms with Crippen LogP contribution < -0.4 is 0 Å². The van der Waals surface area contributed by atoms with Crippen molar-refractivity contribution in [2.45, 2.75) is 38.5 Å². The molecule has 0 spiro atoms.